The van der Waals surface area contributed by atoms with Crippen molar-refractivity contribution < 1.29 is 4.79 Å². The molecule has 0 spiro atoms. The molecule has 19 heavy (non-hydrogen) atoms. The van der Waals surface area contributed by atoms with Crippen LogP contribution in [0.25, 0.3) is 11.3 Å². The van der Waals surface area contributed by atoms with E-state index in [1.165, 1.54) is 6.21 Å². The van der Waals surface area contributed by atoms with Crippen molar-refractivity contribution in [3.8, 4) is 11.3 Å². The number of benzene rings is 1. The topological polar surface area (TPSA) is 70.1 Å². The van der Waals surface area contributed by atoms with Gasteiger partial charge in [-0.25, -0.2) is 5.43 Å². The molecule has 5 nitrogen and oxygen atoms in total. The number of aromatic amines is 1. The lowest BCUT2D eigenvalue weighted by atomic mass is 10.1. The molecule has 1 amide bonds. The molecule has 1 heterocycles. The molecular weight excluding hydrogens is 240 g/mol. The van der Waals surface area contributed by atoms with Crippen LogP contribution in [0.4, 0.5) is 0 Å². The SMILES string of the molecule is C/C=N\NC(=O)c1cc(-c2ccccc2)n[nH]1.CC. The van der Waals surface area contributed by atoms with E-state index in [1.54, 1.807) is 13.0 Å². The van der Waals surface area contributed by atoms with Gasteiger partial charge in [0.05, 0.1) is 5.69 Å². The minimum atomic E-state index is -0.308. The highest BCUT2D eigenvalue weighted by Crippen LogP contribution is 2.16. The third-order valence-electron chi connectivity index (χ3n) is 2.19. The number of nitrogens with one attached hydrogen (secondary N) is 2. The van der Waals surface area contributed by atoms with Gasteiger partial charge in [0.2, 0.25) is 0 Å². The van der Waals surface area contributed by atoms with Crippen LogP contribution < -0.4 is 5.43 Å². The van der Waals surface area contributed by atoms with E-state index in [0.29, 0.717) is 5.69 Å². The summed E-state index contributed by atoms with van der Waals surface area (Å²) in [6.07, 6.45) is 1.51. The third-order valence-corrected chi connectivity index (χ3v) is 2.19. The Morgan fingerprint density at radius 3 is 2.63 bits per heavy atom. The van der Waals surface area contributed by atoms with Crippen molar-refractivity contribution in [3.05, 3.63) is 42.1 Å². The van der Waals surface area contributed by atoms with E-state index in [-0.39, 0.29) is 5.91 Å². The maximum absolute atomic E-state index is 11.6. The zero-order valence-electron chi connectivity index (χ0n) is 11.3. The van der Waals surface area contributed by atoms with Gasteiger partial charge in [0.15, 0.2) is 0 Å². The molecule has 2 N–H and O–H groups in total. The van der Waals surface area contributed by atoms with Crippen LogP contribution >= 0.6 is 0 Å². The lowest BCUT2D eigenvalue weighted by Gasteiger charge is -1.94. The number of aromatic nitrogens is 2. The smallest absolute Gasteiger partial charge is 0.272 e. The second-order valence-electron chi connectivity index (χ2n) is 3.36. The number of H-pyrrole nitrogens is 1. The van der Waals surface area contributed by atoms with Gasteiger partial charge in [-0.05, 0) is 13.0 Å². The molecule has 0 unspecified atom stereocenters. The third kappa shape index (κ3) is 4.06. The van der Waals surface area contributed by atoms with Gasteiger partial charge in [0.1, 0.15) is 5.69 Å². The highest BCUT2D eigenvalue weighted by molar-refractivity contribution is 5.93. The van der Waals surface area contributed by atoms with E-state index in [9.17, 15) is 4.79 Å². The number of carbonyl (C=O) groups excluding carboxylic acids is 1. The molecule has 0 aliphatic rings. The maximum atomic E-state index is 11.6. The van der Waals surface area contributed by atoms with Crippen molar-refractivity contribution in [3.63, 3.8) is 0 Å². The van der Waals surface area contributed by atoms with Gasteiger partial charge in [0.25, 0.3) is 5.91 Å². The normalized spacial score (nSPS) is 9.84. The van der Waals surface area contributed by atoms with Gasteiger partial charge in [-0.3, -0.25) is 9.89 Å². The predicted molar refractivity (Wildman–Crippen MR) is 77.0 cm³/mol. The Bertz CT molecular complexity index is 531. The average Bonchev–Trinajstić information content (AvgIpc) is 2.98. The van der Waals surface area contributed by atoms with Gasteiger partial charge >= 0.3 is 0 Å². The number of carbonyl (C=O) groups is 1. The predicted octanol–water partition coefficient (Wildman–Crippen LogP) is 2.84. The van der Waals surface area contributed by atoms with Gasteiger partial charge in [-0.2, -0.15) is 10.2 Å². The molecule has 2 rings (SSSR count). The van der Waals surface area contributed by atoms with Gasteiger partial charge in [-0.1, -0.05) is 44.2 Å². The fourth-order valence-electron chi connectivity index (χ4n) is 1.38. The first kappa shape index (κ1) is 14.6. The highest BCUT2D eigenvalue weighted by Gasteiger charge is 2.09. The van der Waals surface area contributed by atoms with Crippen LogP contribution in [0, 0.1) is 0 Å². The van der Waals surface area contributed by atoms with Crippen LogP contribution in [0.3, 0.4) is 0 Å². The van der Waals surface area contributed by atoms with E-state index >= 15 is 0 Å². The second kappa shape index (κ2) is 7.81. The molecule has 0 aliphatic heterocycles. The van der Waals surface area contributed by atoms with Gasteiger partial charge < -0.3 is 0 Å². The molecule has 0 bridgehead atoms. The van der Waals surface area contributed by atoms with Gasteiger partial charge in [0, 0.05) is 11.8 Å². The minimum absolute atomic E-state index is 0.308. The first-order valence-corrected chi connectivity index (χ1v) is 6.20. The summed E-state index contributed by atoms with van der Waals surface area (Å²) < 4.78 is 0. The summed E-state index contributed by atoms with van der Waals surface area (Å²) in [7, 11) is 0. The van der Waals surface area contributed by atoms with Crippen molar-refractivity contribution >= 4 is 12.1 Å². The van der Waals surface area contributed by atoms with Crippen LogP contribution in [-0.2, 0) is 0 Å². The van der Waals surface area contributed by atoms with E-state index in [0.717, 1.165) is 11.3 Å². The van der Waals surface area contributed by atoms with E-state index < -0.39 is 0 Å². The largest absolute Gasteiger partial charge is 0.289 e. The molecule has 0 atom stereocenters. The molecule has 2 aromatic rings. The van der Waals surface area contributed by atoms with E-state index in [4.69, 9.17) is 0 Å². The fourth-order valence-corrected chi connectivity index (χ4v) is 1.38. The first-order chi connectivity index (χ1) is 9.31. The lowest BCUT2D eigenvalue weighted by molar-refractivity contribution is 0.0950. The summed E-state index contributed by atoms with van der Waals surface area (Å²) in [6.45, 7) is 5.72. The Labute approximate surface area is 112 Å². The number of hydrazone groups is 1. The number of hydrogen-bond donors (Lipinski definition) is 2. The van der Waals surface area contributed by atoms with Crippen molar-refractivity contribution in [2.75, 3.05) is 0 Å². The summed E-state index contributed by atoms with van der Waals surface area (Å²) in [5, 5.41) is 10.4. The molecule has 0 saturated heterocycles. The Kier molecular flexibility index (Phi) is 6.02. The lowest BCUT2D eigenvalue weighted by Crippen LogP contribution is -2.17. The van der Waals surface area contributed by atoms with Crippen molar-refractivity contribution in [1.82, 2.24) is 15.6 Å². The number of amides is 1. The summed E-state index contributed by atoms with van der Waals surface area (Å²) in [6, 6.07) is 11.3. The molecule has 1 aromatic carbocycles. The van der Waals surface area contributed by atoms with Crippen molar-refractivity contribution in [2.24, 2.45) is 5.10 Å². The second-order valence-corrected chi connectivity index (χ2v) is 3.36. The quantitative estimate of drug-likeness (QED) is 0.656. The molecular formula is C14H18N4O. The zero-order valence-corrected chi connectivity index (χ0v) is 11.3. The van der Waals surface area contributed by atoms with Crippen molar-refractivity contribution in [2.45, 2.75) is 20.8 Å². The van der Waals surface area contributed by atoms with Crippen LogP contribution in [0.15, 0.2) is 41.5 Å². The van der Waals surface area contributed by atoms with Crippen LogP contribution in [0.1, 0.15) is 31.3 Å². The van der Waals surface area contributed by atoms with Crippen LogP contribution in [-0.4, -0.2) is 22.3 Å². The summed E-state index contributed by atoms with van der Waals surface area (Å²) in [4.78, 5) is 11.6. The number of rotatable bonds is 3. The number of nitrogens with zero attached hydrogens (tertiary/aromatic N) is 2. The standard InChI is InChI=1S/C12H12N4O.C2H6/c1-2-13-16-12(17)11-8-10(14-15-11)9-6-4-3-5-7-9;1-2/h2-8H,1H3,(H,14,15)(H,16,17);1-2H3/b13-2-;. The molecule has 1 aromatic heterocycles. The van der Waals surface area contributed by atoms with E-state index in [1.807, 2.05) is 44.2 Å². The Morgan fingerprint density at radius 2 is 2.00 bits per heavy atom. The van der Waals surface area contributed by atoms with Crippen LogP contribution in [0.5, 0.6) is 0 Å². The molecule has 0 radical (unpaired) electrons. The minimum Gasteiger partial charge on any atom is -0.272 e. The van der Waals surface area contributed by atoms with E-state index in [2.05, 4.69) is 20.7 Å². The molecule has 0 aliphatic carbocycles. The molecule has 5 heteroatoms. The molecule has 100 valence electrons. The average molecular weight is 258 g/mol. The number of hydrogen-bond acceptors (Lipinski definition) is 3. The summed E-state index contributed by atoms with van der Waals surface area (Å²) in [5.41, 5.74) is 4.45. The Morgan fingerprint density at radius 1 is 1.32 bits per heavy atom. The van der Waals surface area contributed by atoms with Gasteiger partial charge in [-0.15, -0.1) is 0 Å². The zero-order chi connectivity index (χ0) is 14.1. The fraction of sp³-hybridized carbons (Fsp3) is 0.214. The molecule has 0 fully saturated rings. The summed E-state index contributed by atoms with van der Waals surface area (Å²) in [5.74, 6) is -0.308. The first-order valence-electron chi connectivity index (χ1n) is 6.20. The Hall–Kier alpha value is -2.43. The maximum Gasteiger partial charge on any atom is 0.289 e. The highest BCUT2D eigenvalue weighted by atomic mass is 16.2. The van der Waals surface area contributed by atoms with Crippen LogP contribution in [0.2, 0.25) is 0 Å². The molecule has 0 saturated carbocycles. The monoisotopic (exact) mass is 258 g/mol. The van der Waals surface area contributed by atoms with Crippen molar-refractivity contribution in [1.29, 1.82) is 0 Å². The summed E-state index contributed by atoms with van der Waals surface area (Å²) >= 11 is 0. The Balaban J connectivity index is 0.000000861.